The van der Waals surface area contributed by atoms with Crippen LogP contribution in [0.3, 0.4) is 0 Å². The van der Waals surface area contributed by atoms with E-state index in [1.165, 1.54) is 52.1 Å². The van der Waals surface area contributed by atoms with Crippen molar-refractivity contribution in [2.24, 2.45) is 4.99 Å². The number of rotatable bonds is 8. The summed E-state index contributed by atoms with van der Waals surface area (Å²) in [6.45, 7) is 17.8. The van der Waals surface area contributed by atoms with Crippen molar-refractivity contribution in [1.29, 1.82) is 0 Å². The predicted octanol–water partition coefficient (Wildman–Crippen LogP) is 1.99. The zero-order chi connectivity index (χ0) is 15.5. The first-order valence-corrected chi connectivity index (χ1v) is 8.65. The average molecular weight is 425 g/mol. The highest BCUT2D eigenvalue weighted by molar-refractivity contribution is 14.0. The number of halogens is 1. The highest BCUT2D eigenvalue weighted by Crippen LogP contribution is 2.03. The summed E-state index contributed by atoms with van der Waals surface area (Å²) in [5.41, 5.74) is 0. The second-order valence-electron chi connectivity index (χ2n) is 6.04. The van der Waals surface area contributed by atoms with Crippen molar-refractivity contribution >= 4 is 29.9 Å². The van der Waals surface area contributed by atoms with Gasteiger partial charge in [-0.25, -0.2) is 0 Å². The van der Waals surface area contributed by atoms with Gasteiger partial charge in [0.15, 0.2) is 5.96 Å². The van der Waals surface area contributed by atoms with Gasteiger partial charge in [0, 0.05) is 45.3 Å². The Hall–Kier alpha value is -0.0800. The Kier molecular flexibility index (Phi) is 13.3. The van der Waals surface area contributed by atoms with Crippen LogP contribution in [0.1, 0.15) is 40.5 Å². The molecule has 0 aliphatic carbocycles. The third kappa shape index (κ3) is 9.84. The lowest BCUT2D eigenvalue weighted by molar-refractivity contribution is 0.136. The quantitative estimate of drug-likeness (QED) is 0.270. The summed E-state index contributed by atoms with van der Waals surface area (Å²) in [5.74, 6) is 0.948. The summed E-state index contributed by atoms with van der Waals surface area (Å²) in [6, 6.07) is 0.428. The number of likely N-dealkylation sites (N-methyl/N-ethyl adjacent to an activating group) is 1. The largest absolute Gasteiger partial charge is 0.357 e. The first-order valence-electron chi connectivity index (χ1n) is 8.65. The number of aliphatic imine (C=N–C) groups is 1. The average Bonchev–Trinajstić information content (AvgIpc) is 2.47. The number of nitrogens with zero attached hydrogens (tertiary/aromatic N) is 3. The van der Waals surface area contributed by atoms with Crippen LogP contribution < -0.4 is 10.6 Å². The number of unbranched alkanes of at least 4 members (excludes halogenated alkanes) is 1. The molecule has 6 heteroatoms. The Bertz CT molecular complexity index is 288. The maximum Gasteiger partial charge on any atom is 0.191 e. The smallest absolute Gasteiger partial charge is 0.191 e. The van der Waals surface area contributed by atoms with Crippen LogP contribution in [0.25, 0.3) is 0 Å². The molecular weight excluding hydrogens is 389 g/mol. The fourth-order valence-electron chi connectivity index (χ4n) is 2.56. The molecule has 0 aromatic carbocycles. The third-order valence-corrected chi connectivity index (χ3v) is 3.83. The maximum atomic E-state index is 4.63. The summed E-state index contributed by atoms with van der Waals surface area (Å²) < 4.78 is 0. The summed E-state index contributed by atoms with van der Waals surface area (Å²) in [4.78, 5) is 9.75. The Labute approximate surface area is 154 Å². The van der Waals surface area contributed by atoms with Crippen LogP contribution in [-0.2, 0) is 0 Å². The number of guanidine groups is 1. The van der Waals surface area contributed by atoms with Gasteiger partial charge < -0.3 is 20.4 Å². The van der Waals surface area contributed by atoms with Gasteiger partial charge in [-0.05, 0) is 46.7 Å². The third-order valence-electron chi connectivity index (χ3n) is 3.83. The van der Waals surface area contributed by atoms with Gasteiger partial charge in [-0.15, -0.1) is 24.0 Å². The molecule has 2 N–H and O–H groups in total. The Balaban J connectivity index is 0.00000441. The van der Waals surface area contributed by atoms with E-state index in [4.69, 9.17) is 0 Å². The SMILES string of the molecule is CCNC(=NCCCCN1CCN(CC)CC1)NC(C)C.I. The molecule has 0 bridgehead atoms. The number of hydrogen-bond donors (Lipinski definition) is 2. The van der Waals surface area contributed by atoms with Crippen molar-refractivity contribution in [3.8, 4) is 0 Å². The molecule has 1 rings (SSSR count). The topological polar surface area (TPSA) is 42.9 Å². The van der Waals surface area contributed by atoms with E-state index in [0.29, 0.717) is 6.04 Å². The highest BCUT2D eigenvalue weighted by atomic mass is 127. The highest BCUT2D eigenvalue weighted by Gasteiger charge is 2.14. The van der Waals surface area contributed by atoms with Gasteiger partial charge in [0.25, 0.3) is 0 Å². The van der Waals surface area contributed by atoms with Crippen molar-refractivity contribution in [3.05, 3.63) is 0 Å². The van der Waals surface area contributed by atoms with E-state index < -0.39 is 0 Å². The first-order chi connectivity index (χ1) is 10.2. The summed E-state index contributed by atoms with van der Waals surface area (Å²) in [7, 11) is 0. The Morgan fingerprint density at radius 1 is 1.05 bits per heavy atom. The second-order valence-corrected chi connectivity index (χ2v) is 6.04. The van der Waals surface area contributed by atoms with E-state index >= 15 is 0 Å². The molecule has 0 unspecified atom stereocenters. The standard InChI is InChI=1S/C16H35N5.HI/c1-5-17-16(19-15(3)4)18-9-7-8-10-21-13-11-20(6-2)12-14-21;/h15H,5-14H2,1-4H3,(H2,17,18,19);1H. The maximum absolute atomic E-state index is 4.63. The van der Waals surface area contributed by atoms with E-state index in [-0.39, 0.29) is 24.0 Å². The molecule has 1 aliphatic heterocycles. The van der Waals surface area contributed by atoms with Gasteiger partial charge in [-0.3, -0.25) is 4.99 Å². The van der Waals surface area contributed by atoms with Gasteiger partial charge in [0.05, 0.1) is 0 Å². The van der Waals surface area contributed by atoms with E-state index in [1.54, 1.807) is 0 Å². The molecule has 132 valence electrons. The predicted molar refractivity (Wildman–Crippen MR) is 107 cm³/mol. The molecule has 1 heterocycles. The monoisotopic (exact) mass is 425 g/mol. The molecule has 1 fully saturated rings. The molecule has 5 nitrogen and oxygen atoms in total. The van der Waals surface area contributed by atoms with Gasteiger partial charge in [-0.1, -0.05) is 6.92 Å². The van der Waals surface area contributed by atoms with Crippen molar-refractivity contribution in [2.75, 3.05) is 52.4 Å². The van der Waals surface area contributed by atoms with Gasteiger partial charge in [0.2, 0.25) is 0 Å². The molecule has 0 amide bonds. The van der Waals surface area contributed by atoms with Crippen LogP contribution in [0.2, 0.25) is 0 Å². The minimum Gasteiger partial charge on any atom is -0.357 e. The summed E-state index contributed by atoms with van der Waals surface area (Å²) in [6.07, 6.45) is 2.42. The molecule has 0 saturated carbocycles. The van der Waals surface area contributed by atoms with Crippen LogP contribution in [-0.4, -0.2) is 74.2 Å². The lowest BCUT2D eigenvalue weighted by Crippen LogP contribution is -2.46. The van der Waals surface area contributed by atoms with E-state index in [9.17, 15) is 0 Å². The van der Waals surface area contributed by atoms with Gasteiger partial charge >= 0.3 is 0 Å². The zero-order valence-electron chi connectivity index (χ0n) is 14.9. The number of piperazine rings is 1. The van der Waals surface area contributed by atoms with E-state index in [1.807, 2.05) is 0 Å². The van der Waals surface area contributed by atoms with E-state index in [0.717, 1.165) is 19.0 Å². The van der Waals surface area contributed by atoms with Crippen LogP contribution in [0, 0.1) is 0 Å². The van der Waals surface area contributed by atoms with Gasteiger partial charge in [-0.2, -0.15) is 0 Å². The Morgan fingerprint density at radius 3 is 2.23 bits per heavy atom. The zero-order valence-corrected chi connectivity index (χ0v) is 17.2. The van der Waals surface area contributed by atoms with Crippen LogP contribution in [0.15, 0.2) is 4.99 Å². The van der Waals surface area contributed by atoms with Crippen LogP contribution >= 0.6 is 24.0 Å². The molecule has 0 aromatic heterocycles. The fourth-order valence-corrected chi connectivity index (χ4v) is 2.56. The second kappa shape index (κ2) is 13.4. The molecule has 22 heavy (non-hydrogen) atoms. The number of hydrogen-bond acceptors (Lipinski definition) is 3. The molecule has 1 aliphatic rings. The van der Waals surface area contributed by atoms with Gasteiger partial charge in [0.1, 0.15) is 0 Å². The normalized spacial score (nSPS) is 17.4. The summed E-state index contributed by atoms with van der Waals surface area (Å²) in [5, 5.41) is 6.64. The minimum absolute atomic E-state index is 0. The van der Waals surface area contributed by atoms with Crippen molar-refractivity contribution < 1.29 is 0 Å². The molecule has 0 atom stereocenters. The Morgan fingerprint density at radius 2 is 1.68 bits per heavy atom. The molecule has 1 saturated heterocycles. The van der Waals surface area contributed by atoms with E-state index in [2.05, 4.69) is 53.1 Å². The van der Waals surface area contributed by atoms with Crippen LogP contribution in [0.4, 0.5) is 0 Å². The fraction of sp³-hybridized carbons (Fsp3) is 0.938. The molecule has 0 radical (unpaired) electrons. The molecule has 0 spiro atoms. The number of nitrogens with one attached hydrogen (secondary N) is 2. The van der Waals surface area contributed by atoms with Crippen molar-refractivity contribution in [3.63, 3.8) is 0 Å². The lowest BCUT2D eigenvalue weighted by atomic mass is 10.2. The van der Waals surface area contributed by atoms with Crippen LogP contribution in [0.5, 0.6) is 0 Å². The minimum atomic E-state index is 0. The van der Waals surface area contributed by atoms with Crippen molar-refractivity contribution in [1.82, 2.24) is 20.4 Å². The first kappa shape index (κ1) is 21.9. The van der Waals surface area contributed by atoms with Crippen molar-refractivity contribution in [2.45, 2.75) is 46.6 Å². The lowest BCUT2D eigenvalue weighted by Gasteiger charge is -2.33. The molecule has 0 aromatic rings. The molecular formula is C16H36IN5. The summed E-state index contributed by atoms with van der Waals surface area (Å²) >= 11 is 0.